The number of hydrogen-bond acceptors (Lipinski definition) is 2. The molecule has 0 spiro atoms. The van der Waals surface area contributed by atoms with Gasteiger partial charge in [0, 0.05) is 18.7 Å². The Labute approximate surface area is 165 Å². The molecule has 1 aliphatic heterocycles. The van der Waals surface area contributed by atoms with Crippen LogP contribution in [-0.4, -0.2) is 23.9 Å². The maximum Gasteiger partial charge on any atom is 0.254 e. The quantitative estimate of drug-likeness (QED) is 0.619. The third-order valence-corrected chi connectivity index (χ3v) is 4.99. The van der Waals surface area contributed by atoms with Crippen LogP contribution in [0.5, 0.6) is 5.75 Å². The van der Waals surface area contributed by atoms with Gasteiger partial charge in [0.05, 0.1) is 0 Å². The highest BCUT2D eigenvalue weighted by molar-refractivity contribution is 5.94. The van der Waals surface area contributed by atoms with E-state index in [9.17, 15) is 4.79 Å². The number of amides is 1. The zero-order valence-corrected chi connectivity index (χ0v) is 15.8. The number of rotatable bonds is 5. The molecule has 3 aromatic carbocycles. The van der Waals surface area contributed by atoms with E-state index >= 15 is 0 Å². The van der Waals surface area contributed by atoms with Crippen molar-refractivity contribution < 1.29 is 9.53 Å². The van der Waals surface area contributed by atoms with Gasteiger partial charge in [0.1, 0.15) is 12.4 Å². The van der Waals surface area contributed by atoms with Crippen LogP contribution in [0, 0.1) is 0 Å². The van der Waals surface area contributed by atoms with Crippen molar-refractivity contribution in [3.05, 3.63) is 108 Å². The molecule has 0 saturated carbocycles. The van der Waals surface area contributed by atoms with E-state index in [2.05, 4.69) is 30.3 Å². The predicted molar refractivity (Wildman–Crippen MR) is 112 cm³/mol. The van der Waals surface area contributed by atoms with Gasteiger partial charge in [0.2, 0.25) is 0 Å². The highest BCUT2D eigenvalue weighted by atomic mass is 16.5. The minimum atomic E-state index is 0.0823. The summed E-state index contributed by atoms with van der Waals surface area (Å²) < 4.78 is 5.76. The van der Waals surface area contributed by atoms with Crippen molar-refractivity contribution in [1.82, 2.24) is 4.90 Å². The fourth-order valence-corrected chi connectivity index (χ4v) is 3.38. The van der Waals surface area contributed by atoms with Crippen LogP contribution in [0.1, 0.15) is 27.9 Å². The van der Waals surface area contributed by atoms with Gasteiger partial charge in [-0.3, -0.25) is 4.79 Å². The summed E-state index contributed by atoms with van der Waals surface area (Å²) in [6.07, 6.45) is 3.05. The number of benzene rings is 3. The first kappa shape index (κ1) is 18.1. The molecule has 28 heavy (non-hydrogen) atoms. The molecule has 0 aromatic heterocycles. The summed E-state index contributed by atoms with van der Waals surface area (Å²) in [6.45, 7) is 1.89. The fraction of sp³-hybridized carbons (Fsp3) is 0.160. The monoisotopic (exact) mass is 369 g/mol. The topological polar surface area (TPSA) is 29.5 Å². The summed E-state index contributed by atoms with van der Waals surface area (Å²) in [6, 6.07) is 27.8. The Balaban J connectivity index is 1.35. The summed E-state index contributed by atoms with van der Waals surface area (Å²) in [5.74, 6) is 0.927. The van der Waals surface area contributed by atoms with Crippen LogP contribution in [0.2, 0.25) is 0 Å². The van der Waals surface area contributed by atoms with E-state index < -0.39 is 0 Å². The molecule has 3 nitrogen and oxygen atoms in total. The smallest absolute Gasteiger partial charge is 0.254 e. The molecule has 4 rings (SSSR count). The third-order valence-electron chi connectivity index (χ3n) is 4.99. The lowest BCUT2D eigenvalue weighted by Gasteiger charge is -2.27. The standard InChI is InChI=1S/C25H23NO2/c27-25(26-17-15-22(16-18-26)21-7-3-1-4-8-21)23-13-11-20(12-14-23)19-28-24-9-5-2-6-10-24/h1-15H,16-19H2. The molecule has 0 N–H and O–H groups in total. The Bertz CT molecular complexity index is 947. The Kier molecular flexibility index (Phi) is 5.53. The van der Waals surface area contributed by atoms with Gasteiger partial charge in [0.25, 0.3) is 5.91 Å². The second kappa shape index (κ2) is 8.57. The van der Waals surface area contributed by atoms with Gasteiger partial charge < -0.3 is 9.64 Å². The molecular formula is C25H23NO2. The highest BCUT2D eigenvalue weighted by Crippen LogP contribution is 2.23. The Morgan fingerprint density at radius 3 is 2.18 bits per heavy atom. The lowest BCUT2D eigenvalue weighted by atomic mass is 9.99. The lowest BCUT2D eigenvalue weighted by molar-refractivity contribution is 0.0773. The van der Waals surface area contributed by atoms with Gasteiger partial charge in [-0.2, -0.15) is 0 Å². The molecule has 0 bridgehead atoms. The lowest BCUT2D eigenvalue weighted by Crippen LogP contribution is -2.34. The number of hydrogen-bond donors (Lipinski definition) is 0. The minimum Gasteiger partial charge on any atom is -0.489 e. The van der Waals surface area contributed by atoms with Crippen LogP contribution in [0.25, 0.3) is 5.57 Å². The van der Waals surface area contributed by atoms with Crippen LogP contribution < -0.4 is 4.74 Å². The van der Waals surface area contributed by atoms with Gasteiger partial charge in [-0.05, 0) is 47.4 Å². The van der Waals surface area contributed by atoms with Crippen molar-refractivity contribution in [2.24, 2.45) is 0 Å². The molecule has 0 atom stereocenters. The van der Waals surface area contributed by atoms with Gasteiger partial charge in [-0.25, -0.2) is 0 Å². The van der Waals surface area contributed by atoms with Crippen LogP contribution in [0.3, 0.4) is 0 Å². The molecule has 3 heteroatoms. The highest BCUT2D eigenvalue weighted by Gasteiger charge is 2.19. The van der Waals surface area contributed by atoms with E-state index in [0.29, 0.717) is 13.2 Å². The van der Waals surface area contributed by atoms with Crippen molar-refractivity contribution in [3.63, 3.8) is 0 Å². The van der Waals surface area contributed by atoms with E-state index in [1.807, 2.05) is 65.6 Å². The Morgan fingerprint density at radius 1 is 0.857 bits per heavy atom. The summed E-state index contributed by atoms with van der Waals surface area (Å²) in [5.41, 5.74) is 4.33. The number of carbonyl (C=O) groups is 1. The maximum atomic E-state index is 12.8. The zero-order valence-electron chi connectivity index (χ0n) is 15.8. The Hall–Kier alpha value is -3.33. The van der Waals surface area contributed by atoms with Crippen molar-refractivity contribution in [1.29, 1.82) is 0 Å². The molecule has 0 aliphatic carbocycles. The number of carbonyl (C=O) groups excluding carboxylic acids is 1. The maximum absolute atomic E-state index is 12.8. The van der Waals surface area contributed by atoms with E-state index in [-0.39, 0.29) is 5.91 Å². The van der Waals surface area contributed by atoms with Gasteiger partial charge in [0.15, 0.2) is 0 Å². The van der Waals surface area contributed by atoms with Gasteiger partial charge in [-0.1, -0.05) is 66.7 Å². The van der Waals surface area contributed by atoms with Gasteiger partial charge >= 0.3 is 0 Å². The molecular weight excluding hydrogens is 346 g/mol. The molecule has 140 valence electrons. The molecule has 3 aromatic rings. The second-order valence-electron chi connectivity index (χ2n) is 6.90. The fourth-order valence-electron chi connectivity index (χ4n) is 3.38. The van der Waals surface area contributed by atoms with Crippen molar-refractivity contribution in [3.8, 4) is 5.75 Å². The van der Waals surface area contributed by atoms with Crippen LogP contribution in [-0.2, 0) is 6.61 Å². The normalized spacial score (nSPS) is 13.7. The predicted octanol–water partition coefficient (Wildman–Crippen LogP) is 5.20. The van der Waals surface area contributed by atoms with Crippen molar-refractivity contribution >= 4 is 11.5 Å². The molecule has 0 saturated heterocycles. The van der Waals surface area contributed by atoms with E-state index in [1.165, 1.54) is 11.1 Å². The summed E-state index contributed by atoms with van der Waals surface area (Å²) in [7, 11) is 0. The van der Waals surface area contributed by atoms with E-state index in [1.54, 1.807) is 0 Å². The van der Waals surface area contributed by atoms with Crippen LogP contribution in [0.15, 0.2) is 91.0 Å². The first-order valence-corrected chi connectivity index (χ1v) is 9.60. The third kappa shape index (κ3) is 4.32. The average Bonchev–Trinajstić information content (AvgIpc) is 2.79. The first-order chi connectivity index (χ1) is 13.8. The average molecular weight is 369 g/mol. The van der Waals surface area contributed by atoms with Gasteiger partial charge in [-0.15, -0.1) is 0 Å². The zero-order chi connectivity index (χ0) is 19.2. The molecule has 0 radical (unpaired) electrons. The molecule has 0 unspecified atom stereocenters. The summed E-state index contributed by atoms with van der Waals surface area (Å²) in [4.78, 5) is 14.7. The SMILES string of the molecule is O=C(c1ccc(COc2ccccc2)cc1)N1CC=C(c2ccccc2)CC1. The number of nitrogens with zero attached hydrogens (tertiary/aromatic N) is 1. The van der Waals surface area contributed by atoms with Crippen molar-refractivity contribution in [2.75, 3.05) is 13.1 Å². The summed E-state index contributed by atoms with van der Waals surface area (Å²) in [5, 5.41) is 0. The number of ether oxygens (including phenoxy) is 1. The largest absolute Gasteiger partial charge is 0.489 e. The van der Waals surface area contributed by atoms with Crippen LogP contribution >= 0.6 is 0 Å². The van der Waals surface area contributed by atoms with Crippen molar-refractivity contribution in [2.45, 2.75) is 13.0 Å². The Morgan fingerprint density at radius 2 is 1.54 bits per heavy atom. The number of para-hydroxylation sites is 1. The van der Waals surface area contributed by atoms with Crippen LogP contribution in [0.4, 0.5) is 0 Å². The minimum absolute atomic E-state index is 0.0823. The summed E-state index contributed by atoms with van der Waals surface area (Å²) >= 11 is 0. The molecule has 0 fully saturated rings. The van der Waals surface area contributed by atoms with E-state index in [0.717, 1.165) is 29.8 Å². The molecule has 1 heterocycles. The molecule has 1 aliphatic rings. The second-order valence-corrected chi connectivity index (χ2v) is 6.90. The van der Waals surface area contributed by atoms with E-state index in [4.69, 9.17) is 4.74 Å². The first-order valence-electron chi connectivity index (χ1n) is 9.60. The molecule has 1 amide bonds.